The fraction of sp³-hybridized carbons (Fsp3) is 0.278. The van der Waals surface area contributed by atoms with E-state index >= 15 is 0 Å². The molecule has 0 fully saturated rings. The van der Waals surface area contributed by atoms with Gasteiger partial charge in [-0.2, -0.15) is 0 Å². The summed E-state index contributed by atoms with van der Waals surface area (Å²) in [4.78, 5) is 14.2. The zero-order valence-corrected chi connectivity index (χ0v) is 14.0. The molecule has 1 heterocycles. The number of hydrogen-bond acceptors (Lipinski definition) is 4. The molecule has 2 aromatic rings. The predicted molar refractivity (Wildman–Crippen MR) is 91.0 cm³/mol. The number of phenols is 1. The molecule has 0 aliphatic carbocycles. The number of nitrogens with zero attached hydrogens (tertiary/aromatic N) is 1. The lowest BCUT2D eigenvalue weighted by atomic mass is 10.1. The van der Waals surface area contributed by atoms with E-state index in [0.29, 0.717) is 40.9 Å². The molecule has 1 amide bonds. The largest absolute Gasteiger partial charge is 0.508 e. The maximum absolute atomic E-state index is 12.7. The number of fused-ring (bicyclic) bond motifs is 1. The van der Waals surface area contributed by atoms with Gasteiger partial charge in [-0.3, -0.25) is 4.79 Å². The SMILES string of the molecule is CN(Cc1ccccc1O)C(=O)c1cc(Cl)c2c(c1)OCCCO2. The molecule has 0 spiro atoms. The van der Waals surface area contributed by atoms with Crippen LogP contribution in [0.5, 0.6) is 17.2 Å². The van der Waals surface area contributed by atoms with Crippen molar-refractivity contribution in [2.45, 2.75) is 13.0 Å². The molecule has 0 radical (unpaired) electrons. The second-order valence-electron chi connectivity index (χ2n) is 5.63. The lowest BCUT2D eigenvalue weighted by molar-refractivity contribution is 0.0784. The average Bonchev–Trinajstić information content (AvgIpc) is 2.82. The van der Waals surface area contributed by atoms with Crippen LogP contribution in [0.25, 0.3) is 0 Å². The number of carbonyl (C=O) groups is 1. The van der Waals surface area contributed by atoms with Crippen LogP contribution in [0.1, 0.15) is 22.3 Å². The smallest absolute Gasteiger partial charge is 0.254 e. The lowest BCUT2D eigenvalue weighted by Gasteiger charge is -2.19. The number of phenolic OH excluding ortho intramolecular Hbond substituents is 1. The summed E-state index contributed by atoms with van der Waals surface area (Å²) in [6, 6.07) is 10.2. The molecule has 0 atom stereocenters. The maximum Gasteiger partial charge on any atom is 0.254 e. The van der Waals surface area contributed by atoms with Crippen molar-refractivity contribution in [2.75, 3.05) is 20.3 Å². The van der Waals surface area contributed by atoms with Gasteiger partial charge in [0.05, 0.1) is 18.2 Å². The van der Waals surface area contributed by atoms with Crippen LogP contribution in [0.2, 0.25) is 5.02 Å². The van der Waals surface area contributed by atoms with E-state index in [-0.39, 0.29) is 18.2 Å². The summed E-state index contributed by atoms with van der Waals surface area (Å²) in [5.74, 6) is 0.915. The number of carbonyl (C=O) groups excluding carboxylic acids is 1. The first-order chi connectivity index (χ1) is 11.6. The predicted octanol–water partition coefficient (Wildman–Crippen LogP) is 3.48. The Hall–Kier alpha value is -2.40. The summed E-state index contributed by atoms with van der Waals surface area (Å²) >= 11 is 6.24. The molecule has 3 rings (SSSR count). The summed E-state index contributed by atoms with van der Waals surface area (Å²) in [6.45, 7) is 1.35. The summed E-state index contributed by atoms with van der Waals surface area (Å²) in [5, 5.41) is 10.2. The van der Waals surface area contributed by atoms with Crippen LogP contribution in [-0.4, -0.2) is 36.2 Å². The minimum absolute atomic E-state index is 0.161. The first kappa shape index (κ1) is 16.5. The van der Waals surface area contributed by atoms with Crippen LogP contribution in [0.15, 0.2) is 36.4 Å². The van der Waals surface area contributed by atoms with E-state index in [1.807, 2.05) is 6.07 Å². The highest BCUT2D eigenvalue weighted by atomic mass is 35.5. The minimum atomic E-state index is -0.212. The molecule has 24 heavy (non-hydrogen) atoms. The van der Waals surface area contributed by atoms with Crippen LogP contribution < -0.4 is 9.47 Å². The molecule has 1 aliphatic heterocycles. The number of ether oxygens (including phenoxy) is 2. The van der Waals surface area contributed by atoms with Crippen molar-refractivity contribution in [3.05, 3.63) is 52.5 Å². The maximum atomic E-state index is 12.7. The van der Waals surface area contributed by atoms with Gasteiger partial charge in [-0.05, 0) is 18.2 Å². The first-order valence-corrected chi connectivity index (χ1v) is 8.05. The van der Waals surface area contributed by atoms with E-state index in [0.717, 1.165) is 6.42 Å². The fourth-order valence-electron chi connectivity index (χ4n) is 2.55. The van der Waals surface area contributed by atoms with Gasteiger partial charge in [-0.25, -0.2) is 0 Å². The first-order valence-electron chi connectivity index (χ1n) is 7.67. The zero-order chi connectivity index (χ0) is 17.1. The van der Waals surface area contributed by atoms with Gasteiger partial charge >= 0.3 is 0 Å². The third kappa shape index (κ3) is 3.41. The molecule has 5 nitrogen and oxygen atoms in total. The van der Waals surface area contributed by atoms with Crippen LogP contribution >= 0.6 is 11.6 Å². The number of amides is 1. The van der Waals surface area contributed by atoms with Crippen molar-refractivity contribution in [1.82, 2.24) is 4.90 Å². The molecular weight excluding hydrogens is 330 g/mol. The van der Waals surface area contributed by atoms with Crippen LogP contribution in [0, 0.1) is 0 Å². The number of rotatable bonds is 3. The molecule has 1 N–H and O–H groups in total. The van der Waals surface area contributed by atoms with E-state index < -0.39 is 0 Å². The van der Waals surface area contributed by atoms with Gasteiger partial charge in [0, 0.05) is 31.1 Å². The average molecular weight is 348 g/mol. The number of aromatic hydroxyl groups is 1. The van der Waals surface area contributed by atoms with E-state index in [1.165, 1.54) is 4.90 Å². The highest BCUT2D eigenvalue weighted by Crippen LogP contribution is 2.38. The van der Waals surface area contributed by atoms with Crippen molar-refractivity contribution in [1.29, 1.82) is 0 Å². The van der Waals surface area contributed by atoms with E-state index in [9.17, 15) is 9.90 Å². The summed E-state index contributed by atoms with van der Waals surface area (Å²) < 4.78 is 11.2. The number of hydrogen-bond donors (Lipinski definition) is 1. The highest BCUT2D eigenvalue weighted by Gasteiger charge is 2.20. The molecule has 6 heteroatoms. The Morgan fingerprint density at radius 3 is 2.79 bits per heavy atom. The molecule has 0 bridgehead atoms. The van der Waals surface area contributed by atoms with E-state index in [2.05, 4.69) is 0 Å². The van der Waals surface area contributed by atoms with E-state index in [4.69, 9.17) is 21.1 Å². The third-order valence-electron chi connectivity index (χ3n) is 3.79. The molecular formula is C18H18ClNO4. The Kier molecular flexibility index (Phi) is 4.81. The Labute approximate surface area is 145 Å². The minimum Gasteiger partial charge on any atom is -0.508 e. The monoisotopic (exact) mass is 347 g/mol. The molecule has 1 aliphatic rings. The second kappa shape index (κ2) is 7.01. The van der Waals surface area contributed by atoms with Crippen molar-refractivity contribution in [3.63, 3.8) is 0 Å². The van der Waals surface area contributed by atoms with Crippen molar-refractivity contribution < 1.29 is 19.4 Å². The molecule has 126 valence electrons. The number of benzene rings is 2. The Morgan fingerprint density at radius 1 is 1.25 bits per heavy atom. The van der Waals surface area contributed by atoms with Gasteiger partial charge in [-0.1, -0.05) is 29.8 Å². The van der Waals surface area contributed by atoms with Crippen molar-refractivity contribution in [3.8, 4) is 17.2 Å². The van der Waals surface area contributed by atoms with Gasteiger partial charge in [0.2, 0.25) is 0 Å². The lowest BCUT2D eigenvalue weighted by Crippen LogP contribution is -2.26. The van der Waals surface area contributed by atoms with Gasteiger partial charge in [0.15, 0.2) is 11.5 Å². The Balaban J connectivity index is 1.83. The summed E-state index contributed by atoms with van der Waals surface area (Å²) in [6.07, 6.45) is 0.765. The Bertz CT molecular complexity index is 763. The highest BCUT2D eigenvalue weighted by molar-refractivity contribution is 6.32. The molecule has 0 unspecified atom stereocenters. The summed E-state index contributed by atoms with van der Waals surface area (Å²) in [7, 11) is 1.67. The topological polar surface area (TPSA) is 59.0 Å². The molecule has 0 saturated heterocycles. The zero-order valence-electron chi connectivity index (χ0n) is 13.3. The van der Waals surface area contributed by atoms with Gasteiger partial charge in [-0.15, -0.1) is 0 Å². The number of para-hydroxylation sites is 1. The normalized spacial score (nSPS) is 13.2. The van der Waals surface area contributed by atoms with Crippen LogP contribution in [0.4, 0.5) is 0 Å². The third-order valence-corrected chi connectivity index (χ3v) is 4.08. The van der Waals surface area contributed by atoms with Crippen molar-refractivity contribution in [2.24, 2.45) is 0 Å². The van der Waals surface area contributed by atoms with Crippen LogP contribution in [0.3, 0.4) is 0 Å². The standard InChI is InChI=1S/C18H18ClNO4/c1-20(11-12-5-2-3-6-15(12)21)18(22)13-9-14(19)17-16(10-13)23-7-4-8-24-17/h2-3,5-6,9-10,21H,4,7-8,11H2,1H3. The molecule has 0 saturated carbocycles. The van der Waals surface area contributed by atoms with Crippen molar-refractivity contribution >= 4 is 17.5 Å². The second-order valence-corrected chi connectivity index (χ2v) is 6.03. The Morgan fingerprint density at radius 2 is 2.00 bits per heavy atom. The molecule has 2 aromatic carbocycles. The summed E-state index contributed by atoms with van der Waals surface area (Å²) in [5.41, 5.74) is 1.09. The fourth-order valence-corrected chi connectivity index (χ4v) is 2.81. The molecule has 0 aromatic heterocycles. The quantitative estimate of drug-likeness (QED) is 0.923. The van der Waals surface area contributed by atoms with Gasteiger partial charge in [0.25, 0.3) is 5.91 Å². The van der Waals surface area contributed by atoms with Gasteiger partial charge in [0.1, 0.15) is 5.75 Å². The number of halogens is 1. The van der Waals surface area contributed by atoms with Crippen LogP contribution in [-0.2, 0) is 6.54 Å². The van der Waals surface area contributed by atoms with Gasteiger partial charge < -0.3 is 19.5 Å². The van der Waals surface area contributed by atoms with E-state index in [1.54, 1.807) is 37.4 Å².